The number of hydrogen-bond donors (Lipinski definition) is 1. The molecule has 0 bridgehead atoms. The first kappa shape index (κ1) is 19.5. The largest absolute Gasteiger partial charge is 0.340 e. The zero-order valence-corrected chi connectivity index (χ0v) is 16.9. The summed E-state index contributed by atoms with van der Waals surface area (Å²) in [6.07, 6.45) is 3.31. The highest BCUT2D eigenvalue weighted by atomic mass is 16.5. The third-order valence-corrected chi connectivity index (χ3v) is 4.98. The van der Waals surface area contributed by atoms with E-state index in [9.17, 15) is 9.59 Å². The molecule has 1 aromatic carbocycles. The van der Waals surface area contributed by atoms with E-state index in [-0.39, 0.29) is 17.4 Å². The maximum atomic E-state index is 13.1. The number of para-hydroxylation sites is 1. The average molecular weight is 403 g/mol. The number of amides is 1. The highest BCUT2D eigenvalue weighted by molar-refractivity contribution is 6.06. The summed E-state index contributed by atoms with van der Waals surface area (Å²) in [7, 11) is 1.68. The third kappa shape index (κ3) is 3.59. The lowest BCUT2D eigenvalue weighted by atomic mass is 10.0. The molecule has 1 N–H and O–H groups in total. The van der Waals surface area contributed by atoms with Crippen LogP contribution in [0.2, 0.25) is 0 Å². The van der Waals surface area contributed by atoms with Gasteiger partial charge in [0.15, 0.2) is 0 Å². The Morgan fingerprint density at radius 2 is 1.97 bits per heavy atom. The molecular weight excluding hydrogens is 382 g/mol. The van der Waals surface area contributed by atoms with Gasteiger partial charge in [0.25, 0.3) is 11.5 Å². The first-order valence-electron chi connectivity index (χ1n) is 9.59. The lowest BCUT2D eigenvalue weighted by Crippen LogP contribution is -2.33. The van der Waals surface area contributed by atoms with E-state index < -0.39 is 6.04 Å². The molecule has 4 rings (SSSR count). The molecule has 8 nitrogen and oxygen atoms in total. The van der Waals surface area contributed by atoms with Crippen molar-refractivity contribution in [2.24, 2.45) is 13.0 Å². The molecule has 8 heteroatoms. The molecule has 0 spiro atoms. The Labute approximate surface area is 172 Å². The van der Waals surface area contributed by atoms with Crippen LogP contribution < -0.4 is 10.9 Å². The predicted molar refractivity (Wildman–Crippen MR) is 112 cm³/mol. The second-order valence-electron chi connectivity index (χ2n) is 7.37. The van der Waals surface area contributed by atoms with Gasteiger partial charge in [0, 0.05) is 36.5 Å². The van der Waals surface area contributed by atoms with Crippen molar-refractivity contribution in [3.05, 3.63) is 76.7 Å². The lowest BCUT2D eigenvalue weighted by molar-refractivity contribution is 0.0915. The van der Waals surface area contributed by atoms with E-state index in [0.29, 0.717) is 28.2 Å². The Bertz CT molecular complexity index is 1260. The van der Waals surface area contributed by atoms with Crippen LogP contribution in [0.5, 0.6) is 0 Å². The Morgan fingerprint density at radius 3 is 2.70 bits per heavy atom. The SMILES string of the molecule is CC(C)C(NC(=O)c1cc(=O)n(C)c2ccccc12)c1nc(-c2cccnc2)no1. The quantitative estimate of drug-likeness (QED) is 0.549. The normalized spacial score (nSPS) is 12.3. The van der Waals surface area contributed by atoms with Gasteiger partial charge < -0.3 is 14.4 Å². The van der Waals surface area contributed by atoms with E-state index in [2.05, 4.69) is 20.4 Å². The minimum Gasteiger partial charge on any atom is -0.340 e. The Kier molecular flexibility index (Phi) is 5.14. The molecule has 3 heterocycles. The molecular formula is C22H21N5O3. The molecule has 0 aliphatic carbocycles. The Morgan fingerprint density at radius 1 is 1.17 bits per heavy atom. The summed E-state index contributed by atoms with van der Waals surface area (Å²) in [5.41, 5.74) is 1.47. The fourth-order valence-corrected chi connectivity index (χ4v) is 3.30. The first-order chi connectivity index (χ1) is 14.5. The van der Waals surface area contributed by atoms with Crippen molar-refractivity contribution in [2.75, 3.05) is 0 Å². The van der Waals surface area contributed by atoms with Crippen LogP contribution in [0.15, 0.2) is 64.2 Å². The maximum absolute atomic E-state index is 13.1. The predicted octanol–water partition coefficient (Wildman–Crippen LogP) is 3.11. The molecule has 0 aliphatic rings. The van der Waals surface area contributed by atoms with E-state index in [1.807, 2.05) is 44.2 Å². The number of rotatable bonds is 5. The van der Waals surface area contributed by atoms with E-state index in [1.165, 1.54) is 10.6 Å². The van der Waals surface area contributed by atoms with E-state index in [1.54, 1.807) is 25.5 Å². The molecule has 30 heavy (non-hydrogen) atoms. The van der Waals surface area contributed by atoms with Crippen molar-refractivity contribution in [3.8, 4) is 11.4 Å². The molecule has 1 atom stereocenters. The number of hydrogen-bond acceptors (Lipinski definition) is 6. The third-order valence-electron chi connectivity index (χ3n) is 4.98. The molecule has 1 amide bonds. The minimum atomic E-state index is -0.516. The number of nitrogens with one attached hydrogen (secondary N) is 1. The molecule has 1 unspecified atom stereocenters. The standard InChI is InChI=1S/C22H21N5O3/c1-13(2)19(22-25-20(26-30-22)14-7-6-10-23-12-14)24-21(29)16-11-18(28)27(3)17-9-5-4-8-15(16)17/h4-13,19H,1-3H3,(H,24,29). The number of benzene rings is 1. The monoisotopic (exact) mass is 403 g/mol. The minimum absolute atomic E-state index is 0.0195. The first-order valence-corrected chi connectivity index (χ1v) is 9.59. The number of fused-ring (bicyclic) bond motifs is 1. The van der Waals surface area contributed by atoms with Gasteiger partial charge in [0.1, 0.15) is 6.04 Å². The molecule has 0 radical (unpaired) electrons. The van der Waals surface area contributed by atoms with Gasteiger partial charge in [-0.15, -0.1) is 0 Å². The maximum Gasteiger partial charge on any atom is 0.252 e. The van der Waals surface area contributed by atoms with Gasteiger partial charge in [0.2, 0.25) is 11.7 Å². The Balaban J connectivity index is 1.68. The highest BCUT2D eigenvalue weighted by Crippen LogP contribution is 2.24. The van der Waals surface area contributed by atoms with Crippen molar-refractivity contribution < 1.29 is 9.32 Å². The molecule has 0 aliphatic heterocycles. The second-order valence-corrected chi connectivity index (χ2v) is 7.37. The fourth-order valence-electron chi connectivity index (χ4n) is 3.30. The van der Waals surface area contributed by atoms with E-state index in [4.69, 9.17) is 4.52 Å². The summed E-state index contributed by atoms with van der Waals surface area (Å²) in [4.78, 5) is 34.0. The van der Waals surface area contributed by atoms with Gasteiger partial charge in [-0.2, -0.15) is 4.98 Å². The van der Waals surface area contributed by atoms with Crippen molar-refractivity contribution in [1.82, 2.24) is 25.0 Å². The zero-order chi connectivity index (χ0) is 21.3. The van der Waals surface area contributed by atoms with E-state index in [0.717, 1.165) is 5.56 Å². The highest BCUT2D eigenvalue weighted by Gasteiger charge is 2.26. The van der Waals surface area contributed by atoms with Crippen molar-refractivity contribution in [2.45, 2.75) is 19.9 Å². The smallest absolute Gasteiger partial charge is 0.252 e. The van der Waals surface area contributed by atoms with Gasteiger partial charge >= 0.3 is 0 Å². The van der Waals surface area contributed by atoms with Crippen molar-refractivity contribution in [3.63, 3.8) is 0 Å². The summed E-state index contributed by atoms with van der Waals surface area (Å²) in [6.45, 7) is 3.89. The van der Waals surface area contributed by atoms with Crippen LogP contribution in [0.25, 0.3) is 22.3 Å². The Hall–Kier alpha value is -3.81. The van der Waals surface area contributed by atoms with Gasteiger partial charge in [-0.3, -0.25) is 14.6 Å². The molecule has 4 aromatic rings. The van der Waals surface area contributed by atoms with Crippen LogP contribution >= 0.6 is 0 Å². The van der Waals surface area contributed by atoms with Crippen LogP contribution in [0.1, 0.15) is 36.1 Å². The number of carbonyl (C=O) groups is 1. The van der Waals surface area contributed by atoms with Gasteiger partial charge in [-0.05, 0) is 24.1 Å². The molecule has 3 aromatic heterocycles. The summed E-state index contributed by atoms with van der Waals surface area (Å²) in [5.74, 6) is 0.306. The summed E-state index contributed by atoms with van der Waals surface area (Å²) in [6, 6.07) is 11.8. The van der Waals surface area contributed by atoms with E-state index >= 15 is 0 Å². The number of aryl methyl sites for hydroxylation is 1. The number of nitrogens with zero attached hydrogens (tertiary/aromatic N) is 4. The summed E-state index contributed by atoms with van der Waals surface area (Å²) in [5, 5.41) is 7.66. The average Bonchev–Trinajstić information content (AvgIpc) is 3.24. The lowest BCUT2D eigenvalue weighted by Gasteiger charge is -2.19. The summed E-state index contributed by atoms with van der Waals surface area (Å²) >= 11 is 0. The molecule has 0 fully saturated rings. The van der Waals surface area contributed by atoms with Gasteiger partial charge in [-0.25, -0.2) is 0 Å². The second kappa shape index (κ2) is 7.90. The summed E-state index contributed by atoms with van der Waals surface area (Å²) < 4.78 is 6.96. The topological polar surface area (TPSA) is 103 Å². The van der Waals surface area contributed by atoms with Crippen LogP contribution in [-0.2, 0) is 7.05 Å². The molecule has 0 saturated carbocycles. The molecule has 0 saturated heterocycles. The fraction of sp³-hybridized carbons (Fsp3) is 0.227. The van der Waals surface area contributed by atoms with Crippen LogP contribution in [0.3, 0.4) is 0 Å². The van der Waals surface area contributed by atoms with Crippen LogP contribution in [0.4, 0.5) is 0 Å². The van der Waals surface area contributed by atoms with Crippen molar-refractivity contribution in [1.29, 1.82) is 0 Å². The van der Waals surface area contributed by atoms with Crippen molar-refractivity contribution >= 4 is 16.8 Å². The van der Waals surface area contributed by atoms with Crippen LogP contribution in [0, 0.1) is 5.92 Å². The number of pyridine rings is 2. The molecule has 152 valence electrons. The number of aromatic nitrogens is 4. The zero-order valence-electron chi connectivity index (χ0n) is 16.9. The number of carbonyl (C=O) groups excluding carboxylic acids is 1. The van der Waals surface area contributed by atoms with Gasteiger partial charge in [-0.1, -0.05) is 37.2 Å². The van der Waals surface area contributed by atoms with Crippen LogP contribution in [-0.4, -0.2) is 25.6 Å². The van der Waals surface area contributed by atoms with Gasteiger partial charge in [0.05, 0.1) is 11.1 Å².